The third kappa shape index (κ3) is 5.06. The monoisotopic (exact) mass is 277 g/mol. The molecule has 3 heteroatoms. The van der Waals surface area contributed by atoms with Crippen LogP contribution in [-0.2, 0) is 4.74 Å². The van der Waals surface area contributed by atoms with Crippen molar-refractivity contribution in [1.29, 1.82) is 0 Å². The molecule has 0 N–H and O–H groups in total. The second-order valence-corrected chi connectivity index (χ2v) is 5.50. The lowest BCUT2D eigenvalue weighted by Crippen LogP contribution is -2.35. The summed E-state index contributed by atoms with van der Waals surface area (Å²) >= 11 is 0. The van der Waals surface area contributed by atoms with Crippen molar-refractivity contribution in [3.05, 3.63) is 41.7 Å². The molecule has 2 nitrogen and oxygen atoms in total. The molecule has 20 heavy (non-hydrogen) atoms. The number of hydrogen-bond acceptors (Lipinski definition) is 2. The van der Waals surface area contributed by atoms with Crippen LogP contribution in [0.5, 0.6) is 0 Å². The lowest BCUT2D eigenvalue weighted by Gasteiger charge is -2.31. The smallest absolute Gasteiger partial charge is 0.123 e. The fraction of sp³-hybridized carbons (Fsp3) is 0.529. The molecule has 1 saturated heterocycles. The predicted molar refractivity (Wildman–Crippen MR) is 81.1 cm³/mol. The summed E-state index contributed by atoms with van der Waals surface area (Å²) in [7, 11) is 1.77. The first kappa shape index (κ1) is 15.2. The molecule has 0 aliphatic carbocycles. The molecule has 1 heterocycles. The highest BCUT2D eigenvalue weighted by Crippen LogP contribution is 2.19. The Morgan fingerprint density at radius 2 is 2.15 bits per heavy atom. The average Bonchev–Trinajstić information content (AvgIpc) is 2.48. The van der Waals surface area contributed by atoms with Gasteiger partial charge in [-0.25, -0.2) is 4.39 Å². The quantitative estimate of drug-likeness (QED) is 0.788. The van der Waals surface area contributed by atoms with E-state index >= 15 is 0 Å². The van der Waals surface area contributed by atoms with Crippen LogP contribution in [0.15, 0.2) is 30.3 Å². The van der Waals surface area contributed by atoms with Crippen LogP contribution < -0.4 is 0 Å². The van der Waals surface area contributed by atoms with Crippen molar-refractivity contribution in [2.75, 3.05) is 33.4 Å². The minimum absolute atomic E-state index is 0.181. The zero-order valence-corrected chi connectivity index (χ0v) is 12.2. The summed E-state index contributed by atoms with van der Waals surface area (Å²) in [6, 6.07) is 6.62. The number of halogens is 1. The fourth-order valence-corrected chi connectivity index (χ4v) is 2.75. The van der Waals surface area contributed by atoms with E-state index in [2.05, 4.69) is 17.1 Å². The average molecular weight is 277 g/mol. The van der Waals surface area contributed by atoms with Crippen LogP contribution >= 0.6 is 0 Å². The van der Waals surface area contributed by atoms with Gasteiger partial charge >= 0.3 is 0 Å². The molecule has 1 aromatic carbocycles. The Morgan fingerprint density at radius 1 is 1.35 bits per heavy atom. The molecule has 1 fully saturated rings. The maximum atomic E-state index is 12.8. The van der Waals surface area contributed by atoms with Gasteiger partial charge < -0.3 is 4.74 Å². The van der Waals surface area contributed by atoms with E-state index in [1.807, 2.05) is 12.1 Å². The van der Waals surface area contributed by atoms with E-state index in [1.165, 1.54) is 31.5 Å². The minimum atomic E-state index is -0.181. The Hall–Kier alpha value is -1.19. The normalized spacial score (nSPS) is 20.6. The third-order valence-electron chi connectivity index (χ3n) is 3.88. The molecule has 0 spiro atoms. The van der Waals surface area contributed by atoms with Gasteiger partial charge in [-0.3, -0.25) is 4.90 Å². The van der Waals surface area contributed by atoms with Gasteiger partial charge in [0.15, 0.2) is 0 Å². The lowest BCUT2D eigenvalue weighted by molar-refractivity contribution is 0.134. The topological polar surface area (TPSA) is 12.5 Å². The van der Waals surface area contributed by atoms with Crippen LogP contribution in [0.4, 0.5) is 4.39 Å². The maximum Gasteiger partial charge on any atom is 0.123 e. The highest BCUT2D eigenvalue weighted by atomic mass is 19.1. The molecule has 0 aromatic heterocycles. The van der Waals surface area contributed by atoms with Crippen molar-refractivity contribution >= 4 is 6.08 Å². The maximum absolute atomic E-state index is 12.8. The van der Waals surface area contributed by atoms with Gasteiger partial charge in [-0.05, 0) is 49.4 Å². The number of likely N-dealkylation sites (tertiary alicyclic amines) is 1. The number of nitrogens with zero attached hydrogens (tertiary/aromatic N) is 1. The molecule has 0 bridgehead atoms. The van der Waals surface area contributed by atoms with Crippen LogP contribution in [0.1, 0.15) is 24.8 Å². The molecule has 2 rings (SSSR count). The molecular weight excluding hydrogens is 253 g/mol. The van der Waals surface area contributed by atoms with Gasteiger partial charge in [0.05, 0.1) is 0 Å². The Bertz CT molecular complexity index is 416. The van der Waals surface area contributed by atoms with E-state index in [4.69, 9.17) is 4.74 Å². The summed E-state index contributed by atoms with van der Waals surface area (Å²) in [4.78, 5) is 2.49. The number of benzene rings is 1. The summed E-state index contributed by atoms with van der Waals surface area (Å²) < 4.78 is 18.0. The molecular formula is C17H24FNO. The number of piperidine rings is 1. The molecule has 1 atom stereocenters. The van der Waals surface area contributed by atoms with E-state index in [9.17, 15) is 4.39 Å². The fourth-order valence-electron chi connectivity index (χ4n) is 2.75. The molecule has 1 aliphatic rings. The molecule has 1 aromatic rings. The van der Waals surface area contributed by atoms with Crippen molar-refractivity contribution in [2.45, 2.75) is 19.3 Å². The summed E-state index contributed by atoms with van der Waals surface area (Å²) in [5.74, 6) is 0.585. The van der Waals surface area contributed by atoms with Gasteiger partial charge in [0, 0.05) is 26.8 Å². The highest BCUT2D eigenvalue weighted by Gasteiger charge is 2.18. The van der Waals surface area contributed by atoms with Gasteiger partial charge in [-0.15, -0.1) is 0 Å². The largest absolute Gasteiger partial charge is 0.385 e. The first-order valence-corrected chi connectivity index (χ1v) is 7.41. The van der Waals surface area contributed by atoms with E-state index in [0.29, 0.717) is 0 Å². The van der Waals surface area contributed by atoms with E-state index < -0.39 is 0 Å². The number of methoxy groups -OCH3 is 1. The zero-order chi connectivity index (χ0) is 14.2. The number of rotatable bonds is 6. The van der Waals surface area contributed by atoms with Crippen molar-refractivity contribution in [1.82, 2.24) is 4.90 Å². The number of ether oxygens (including phenoxy) is 1. The van der Waals surface area contributed by atoms with Crippen molar-refractivity contribution in [3.8, 4) is 0 Å². The Morgan fingerprint density at radius 3 is 2.90 bits per heavy atom. The van der Waals surface area contributed by atoms with Crippen LogP contribution in [0.2, 0.25) is 0 Å². The van der Waals surface area contributed by atoms with Crippen LogP contribution in [-0.4, -0.2) is 38.3 Å². The number of hydrogen-bond donors (Lipinski definition) is 0. The first-order valence-electron chi connectivity index (χ1n) is 7.41. The molecule has 0 radical (unpaired) electrons. The van der Waals surface area contributed by atoms with Gasteiger partial charge in [-0.2, -0.15) is 0 Å². The highest BCUT2D eigenvalue weighted by molar-refractivity contribution is 5.48. The molecule has 1 unspecified atom stereocenters. The van der Waals surface area contributed by atoms with Crippen molar-refractivity contribution < 1.29 is 9.13 Å². The van der Waals surface area contributed by atoms with Crippen molar-refractivity contribution in [3.63, 3.8) is 0 Å². The summed E-state index contributed by atoms with van der Waals surface area (Å²) in [6.45, 7) is 4.18. The molecule has 0 amide bonds. The zero-order valence-electron chi connectivity index (χ0n) is 12.2. The standard InChI is InChI=1S/C17H24FNO/c1-20-13-10-16-5-3-12-19(14-16)11-2-4-15-6-8-17(18)9-7-15/h2,4,6-9,16H,3,5,10-14H2,1H3. The van der Waals surface area contributed by atoms with Gasteiger partial charge in [0.1, 0.15) is 5.82 Å². The van der Waals surface area contributed by atoms with Crippen LogP contribution in [0.3, 0.4) is 0 Å². The van der Waals surface area contributed by atoms with Crippen LogP contribution in [0, 0.1) is 11.7 Å². The second kappa shape index (κ2) is 8.18. The summed E-state index contributed by atoms with van der Waals surface area (Å²) in [5, 5.41) is 0. The molecule has 1 aliphatic heterocycles. The molecule has 110 valence electrons. The van der Waals surface area contributed by atoms with Crippen LogP contribution in [0.25, 0.3) is 6.08 Å². The summed E-state index contributed by atoms with van der Waals surface area (Å²) in [6.07, 6.45) is 8.00. The van der Waals surface area contributed by atoms with Gasteiger partial charge in [-0.1, -0.05) is 24.3 Å². The SMILES string of the molecule is COCCC1CCCN(CC=Cc2ccc(F)cc2)C1. The van der Waals surface area contributed by atoms with Crippen molar-refractivity contribution in [2.24, 2.45) is 5.92 Å². The Balaban J connectivity index is 1.76. The van der Waals surface area contributed by atoms with E-state index in [0.717, 1.165) is 37.6 Å². The Kier molecular flexibility index (Phi) is 6.22. The van der Waals surface area contributed by atoms with E-state index in [-0.39, 0.29) is 5.82 Å². The van der Waals surface area contributed by atoms with Gasteiger partial charge in [0.2, 0.25) is 0 Å². The minimum Gasteiger partial charge on any atom is -0.385 e. The Labute approximate surface area is 121 Å². The second-order valence-electron chi connectivity index (χ2n) is 5.50. The molecule has 0 saturated carbocycles. The third-order valence-corrected chi connectivity index (χ3v) is 3.88. The first-order chi connectivity index (χ1) is 9.78. The van der Waals surface area contributed by atoms with E-state index in [1.54, 1.807) is 7.11 Å². The van der Waals surface area contributed by atoms with Gasteiger partial charge in [0.25, 0.3) is 0 Å². The lowest BCUT2D eigenvalue weighted by atomic mass is 9.95. The predicted octanol–water partition coefficient (Wildman–Crippen LogP) is 3.59. The summed E-state index contributed by atoms with van der Waals surface area (Å²) in [5.41, 5.74) is 1.05.